The summed E-state index contributed by atoms with van der Waals surface area (Å²) in [5.41, 5.74) is 1.83. The molecule has 0 amide bonds. The maximum absolute atomic E-state index is 11.7. The molecular formula is C35H57N3O2. The Balaban J connectivity index is 1.10. The summed E-state index contributed by atoms with van der Waals surface area (Å²) < 4.78 is 0. The SMILES string of the molecule is CC(=O)CCC(C)C1CCC2C3C(O)C[C@H]4CC(NCCCCNCc5ccccn5)CCC4(C)C3CCC12C. The van der Waals surface area contributed by atoms with Gasteiger partial charge in [0.25, 0.3) is 0 Å². The molecule has 5 rings (SSSR count). The highest BCUT2D eigenvalue weighted by Gasteiger charge is 2.62. The van der Waals surface area contributed by atoms with E-state index in [1.165, 1.54) is 57.8 Å². The number of aliphatic hydroxyl groups is 1. The van der Waals surface area contributed by atoms with E-state index in [2.05, 4.69) is 42.5 Å². The number of aromatic nitrogens is 1. The number of hydrogen-bond acceptors (Lipinski definition) is 5. The van der Waals surface area contributed by atoms with Crippen LogP contribution in [-0.4, -0.2) is 41.1 Å². The highest BCUT2D eigenvalue weighted by Crippen LogP contribution is 2.68. The smallest absolute Gasteiger partial charge is 0.129 e. The fraction of sp³-hybridized carbons (Fsp3) is 0.829. The number of nitrogens with one attached hydrogen (secondary N) is 2. The number of ketones is 1. The summed E-state index contributed by atoms with van der Waals surface area (Å²) in [4.78, 5) is 16.0. The summed E-state index contributed by atoms with van der Waals surface area (Å²) in [6.45, 7) is 12.3. The van der Waals surface area contributed by atoms with Crippen LogP contribution in [0.3, 0.4) is 0 Å². The average molecular weight is 552 g/mol. The van der Waals surface area contributed by atoms with Gasteiger partial charge in [0.2, 0.25) is 0 Å². The molecule has 0 aliphatic heterocycles. The van der Waals surface area contributed by atoms with Gasteiger partial charge < -0.3 is 20.5 Å². The van der Waals surface area contributed by atoms with Gasteiger partial charge >= 0.3 is 0 Å². The number of aliphatic hydroxyl groups excluding tert-OH is 1. The highest BCUT2D eigenvalue weighted by molar-refractivity contribution is 5.75. The number of pyridine rings is 1. The van der Waals surface area contributed by atoms with Crippen LogP contribution in [0.4, 0.5) is 0 Å². The lowest BCUT2D eigenvalue weighted by Crippen LogP contribution is -2.59. The second kappa shape index (κ2) is 12.9. The Hall–Kier alpha value is -1.30. The first-order valence-corrected chi connectivity index (χ1v) is 16.7. The number of fused-ring (bicyclic) bond motifs is 5. The number of hydrogen-bond donors (Lipinski definition) is 3. The quantitative estimate of drug-likeness (QED) is 0.257. The van der Waals surface area contributed by atoms with Crippen LogP contribution in [-0.2, 0) is 11.3 Å². The van der Waals surface area contributed by atoms with Crippen LogP contribution in [0.1, 0.15) is 110 Å². The van der Waals surface area contributed by atoms with E-state index in [0.717, 1.165) is 44.6 Å². The molecule has 9 unspecified atom stereocenters. The molecule has 4 aliphatic carbocycles. The minimum Gasteiger partial charge on any atom is -0.393 e. The zero-order valence-corrected chi connectivity index (χ0v) is 25.8. The van der Waals surface area contributed by atoms with Gasteiger partial charge in [0.1, 0.15) is 5.78 Å². The van der Waals surface area contributed by atoms with Crippen LogP contribution in [0.25, 0.3) is 0 Å². The van der Waals surface area contributed by atoms with Gasteiger partial charge in [-0.15, -0.1) is 0 Å². The van der Waals surface area contributed by atoms with E-state index in [9.17, 15) is 9.90 Å². The number of rotatable bonds is 12. The molecule has 1 heterocycles. The Morgan fingerprint density at radius 2 is 1.82 bits per heavy atom. The van der Waals surface area contributed by atoms with Gasteiger partial charge in [-0.1, -0.05) is 26.8 Å². The molecule has 5 nitrogen and oxygen atoms in total. The van der Waals surface area contributed by atoms with E-state index < -0.39 is 0 Å². The van der Waals surface area contributed by atoms with Crippen molar-refractivity contribution in [2.45, 2.75) is 123 Å². The van der Waals surface area contributed by atoms with E-state index in [0.29, 0.717) is 58.2 Å². The molecule has 0 radical (unpaired) electrons. The molecule has 0 saturated heterocycles. The van der Waals surface area contributed by atoms with Crippen molar-refractivity contribution in [1.29, 1.82) is 0 Å². The largest absolute Gasteiger partial charge is 0.393 e. The molecule has 0 bridgehead atoms. The van der Waals surface area contributed by atoms with Gasteiger partial charge in [-0.3, -0.25) is 4.98 Å². The van der Waals surface area contributed by atoms with Gasteiger partial charge in [-0.25, -0.2) is 0 Å². The van der Waals surface area contributed by atoms with Crippen LogP contribution in [0.5, 0.6) is 0 Å². The van der Waals surface area contributed by atoms with Crippen LogP contribution < -0.4 is 10.6 Å². The zero-order chi connectivity index (χ0) is 28.3. The maximum atomic E-state index is 11.7. The van der Waals surface area contributed by atoms with Gasteiger partial charge in [0.05, 0.1) is 11.8 Å². The van der Waals surface area contributed by atoms with Crippen molar-refractivity contribution in [1.82, 2.24) is 15.6 Å². The first kappa shape index (κ1) is 30.2. The average Bonchev–Trinajstić information content (AvgIpc) is 3.29. The molecule has 10 atom stereocenters. The highest BCUT2D eigenvalue weighted by atomic mass is 16.3. The van der Waals surface area contributed by atoms with Crippen molar-refractivity contribution in [2.24, 2.45) is 46.3 Å². The lowest BCUT2D eigenvalue weighted by Gasteiger charge is -2.62. The van der Waals surface area contributed by atoms with E-state index in [1.54, 1.807) is 6.92 Å². The van der Waals surface area contributed by atoms with Gasteiger partial charge in [0.15, 0.2) is 0 Å². The fourth-order valence-electron chi connectivity index (χ4n) is 10.4. The van der Waals surface area contributed by atoms with Crippen LogP contribution in [0.2, 0.25) is 0 Å². The molecule has 4 aliphatic rings. The van der Waals surface area contributed by atoms with Crippen molar-refractivity contribution in [3.8, 4) is 0 Å². The van der Waals surface area contributed by atoms with E-state index in [4.69, 9.17) is 0 Å². The number of unbranched alkanes of at least 4 members (excludes halogenated alkanes) is 1. The molecule has 5 heteroatoms. The molecule has 224 valence electrons. The van der Waals surface area contributed by atoms with E-state index in [-0.39, 0.29) is 6.10 Å². The maximum Gasteiger partial charge on any atom is 0.129 e. The predicted octanol–water partition coefficient (Wildman–Crippen LogP) is 6.54. The third-order valence-corrected chi connectivity index (χ3v) is 12.6. The number of nitrogens with zero attached hydrogens (tertiary/aromatic N) is 1. The molecule has 0 spiro atoms. The molecule has 4 saturated carbocycles. The molecule has 1 aromatic heterocycles. The standard InChI is InChI=1S/C35H57N3O2/c1-24(10-11-25(2)39)29-12-13-30-33-31(15-17-35(29,30)4)34(3)16-14-27(21-26(34)22-32(33)40)37-20-8-7-18-36-23-28-9-5-6-19-38-28/h5-6,9,19,24,26-27,29-33,36-37,40H,7-8,10-18,20-23H2,1-4H3/t24?,26-,27?,29?,30?,31?,32?,33?,34?,35?/m1/s1. The Morgan fingerprint density at radius 1 is 1.05 bits per heavy atom. The third kappa shape index (κ3) is 6.22. The molecule has 40 heavy (non-hydrogen) atoms. The first-order valence-electron chi connectivity index (χ1n) is 16.7. The Kier molecular flexibility index (Phi) is 9.74. The van der Waals surface area contributed by atoms with Crippen LogP contribution in [0.15, 0.2) is 24.4 Å². The van der Waals surface area contributed by atoms with Crippen LogP contribution in [0, 0.1) is 46.3 Å². The lowest BCUT2D eigenvalue weighted by molar-refractivity contribution is -0.167. The summed E-state index contributed by atoms with van der Waals surface area (Å²) >= 11 is 0. The molecule has 3 N–H and O–H groups in total. The topological polar surface area (TPSA) is 74.2 Å². The summed E-state index contributed by atoms with van der Waals surface area (Å²) in [5.74, 6) is 4.11. The van der Waals surface area contributed by atoms with Crippen molar-refractivity contribution in [3.63, 3.8) is 0 Å². The predicted molar refractivity (Wildman–Crippen MR) is 163 cm³/mol. The summed E-state index contributed by atoms with van der Waals surface area (Å²) in [7, 11) is 0. The first-order chi connectivity index (χ1) is 19.2. The van der Waals surface area contributed by atoms with Gasteiger partial charge in [0, 0.05) is 25.2 Å². The number of carbonyl (C=O) groups excluding carboxylic acids is 1. The van der Waals surface area contributed by atoms with Gasteiger partial charge in [-0.05, 0) is 149 Å². The normalized spacial score (nSPS) is 39.7. The second-order valence-corrected chi connectivity index (χ2v) is 14.9. The molecule has 1 aromatic rings. The fourth-order valence-corrected chi connectivity index (χ4v) is 10.4. The zero-order valence-electron chi connectivity index (χ0n) is 25.8. The van der Waals surface area contributed by atoms with Crippen molar-refractivity contribution in [2.75, 3.05) is 13.1 Å². The third-order valence-electron chi connectivity index (χ3n) is 12.6. The van der Waals surface area contributed by atoms with E-state index >= 15 is 0 Å². The Labute approximate surface area is 244 Å². The van der Waals surface area contributed by atoms with Crippen molar-refractivity contribution >= 4 is 5.78 Å². The summed E-state index contributed by atoms with van der Waals surface area (Å²) in [6.07, 6.45) is 15.9. The summed E-state index contributed by atoms with van der Waals surface area (Å²) in [6, 6.07) is 6.69. The van der Waals surface area contributed by atoms with Crippen LogP contribution >= 0.6 is 0 Å². The van der Waals surface area contributed by atoms with Crippen molar-refractivity contribution < 1.29 is 9.90 Å². The molecular weight excluding hydrogens is 494 g/mol. The minimum absolute atomic E-state index is 0.136. The van der Waals surface area contributed by atoms with Crippen molar-refractivity contribution in [3.05, 3.63) is 30.1 Å². The number of carbonyl (C=O) groups is 1. The second-order valence-electron chi connectivity index (χ2n) is 14.9. The van der Waals surface area contributed by atoms with Gasteiger partial charge in [-0.2, -0.15) is 0 Å². The lowest BCUT2D eigenvalue weighted by atomic mass is 9.43. The minimum atomic E-state index is -0.136. The molecule has 0 aromatic carbocycles. The Morgan fingerprint density at radius 3 is 2.60 bits per heavy atom. The summed E-state index contributed by atoms with van der Waals surface area (Å²) in [5, 5.41) is 19.1. The van der Waals surface area contributed by atoms with E-state index in [1.807, 2.05) is 18.3 Å². The number of Topliss-reactive ketones (excluding diaryl/α,β-unsaturated/α-hetero) is 1. The molecule has 4 fully saturated rings. The monoisotopic (exact) mass is 551 g/mol. The Bertz CT molecular complexity index is 971.